The van der Waals surface area contributed by atoms with E-state index >= 15 is 0 Å². The molecule has 3 heteroatoms. The Balaban J connectivity index is 2.13. The molecule has 2 rings (SSSR count). The van der Waals surface area contributed by atoms with E-state index in [9.17, 15) is 0 Å². The highest BCUT2D eigenvalue weighted by Crippen LogP contribution is 2.23. The van der Waals surface area contributed by atoms with E-state index in [-0.39, 0.29) is 0 Å². The Labute approximate surface area is 105 Å². The molecule has 84 valence electrons. The quantitative estimate of drug-likeness (QED) is 0.748. The van der Waals surface area contributed by atoms with Crippen molar-refractivity contribution < 1.29 is 0 Å². The van der Waals surface area contributed by atoms with E-state index in [2.05, 4.69) is 36.2 Å². The molecule has 1 unspecified atom stereocenters. The van der Waals surface area contributed by atoms with Gasteiger partial charge in [0.2, 0.25) is 0 Å². The van der Waals surface area contributed by atoms with Crippen LogP contribution in [-0.2, 0) is 6.42 Å². The van der Waals surface area contributed by atoms with Crippen molar-refractivity contribution in [2.45, 2.75) is 19.3 Å². The second kappa shape index (κ2) is 5.46. The molecule has 2 aromatic rings. The molecule has 1 nitrogen and oxygen atoms in total. The summed E-state index contributed by atoms with van der Waals surface area (Å²) >= 11 is 7.73. The first-order valence-corrected chi connectivity index (χ1v) is 6.72. The third-order valence-electron chi connectivity index (χ3n) is 2.64. The molecule has 0 radical (unpaired) electrons. The Morgan fingerprint density at radius 3 is 2.62 bits per heavy atom. The summed E-state index contributed by atoms with van der Waals surface area (Å²) in [6.45, 7) is 2.10. The predicted molar refractivity (Wildman–Crippen MR) is 70.5 cm³/mol. The SMILES string of the molecule is Cc1ccc(C(CCl)Cc2nccs2)cc1. The summed E-state index contributed by atoms with van der Waals surface area (Å²) in [5, 5.41) is 3.17. The third-order valence-corrected chi connectivity index (χ3v) is 3.81. The van der Waals surface area contributed by atoms with Crippen molar-refractivity contribution in [2.24, 2.45) is 0 Å². The normalized spacial score (nSPS) is 12.6. The van der Waals surface area contributed by atoms with Gasteiger partial charge >= 0.3 is 0 Å². The molecular formula is C13H14ClNS. The van der Waals surface area contributed by atoms with Crippen molar-refractivity contribution in [3.05, 3.63) is 52.0 Å². The maximum atomic E-state index is 6.04. The number of thiazole rings is 1. The van der Waals surface area contributed by atoms with E-state index < -0.39 is 0 Å². The fraction of sp³-hybridized carbons (Fsp3) is 0.308. The average Bonchev–Trinajstić information content (AvgIpc) is 2.80. The van der Waals surface area contributed by atoms with Gasteiger partial charge in [0.25, 0.3) is 0 Å². The number of alkyl halides is 1. The molecule has 1 atom stereocenters. The lowest BCUT2D eigenvalue weighted by molar-refractivity contribution is 0.761. The fourth-order valence-corrected chi connectivity index (χ4v) is 2.65. The molecule has 0 bridgehead atoms. The van der Waals surface area contributed by atoms with Gasteiger partial charge in [-0.1, -0.05) is 29.8 Å². The minimum absolute atomic E-state index is 0.369. The van der Waals surface area contributed by atoms with Crippen molar-refractivity contribution in [3.63, 3.8) is 0 Å². The van der Waals surface area contributed by atoms with Gasteiger partial charge in [0, 0.05) is 29.8 Å². The first-order chi connectivity index (χ1) is 7.79. The Hall–Kier alpha value is -0.860. The number of aromatic nitrogens is 1. The number of nitrogens with zero attached hydrogens (tertiary/aromatic N) is 1. The van der Waals surface area contributed by atoms with Crippen molar-refractivity contribution in [1.82, 2.24) is 4.98 Å². The highest BCUT2D eigenvalue weighted by Gasteiger charge is 2.12. The minimum atomic E-state index is 0.369. The predicted octanol–water partition coefficient (Wildman–Crippen LogP) is 4.02. The Morgan fingerprint density at radius 1 is 1.31 bits per heavy atom. The molecule has 0 saturated heterocycles. The fourth-order valence-electron chi connectivity index (χ4n) is 1.66. The zero-order chi connectivity index (χ0) is 11.4. The summed E-state index contributed by atoms with van der Waals surface area (Å²) in [5.74, 6) is 1.01. The third kappa shape index (κ3) is 2.83. The van der Waals surface area contributed by atoms with E-state index in [0.29, 0.717) is 11.8 Å². The second-order valence-corrected chi connectivity index (χ2v) is 5.18. The van der Waals surface area contributed by atoms with Crippen LogP contribution in [0.15, 0.2) is 35.8 Å². The number of hydrogen-bond acceptors (Lipinski definition) is 2. The molecular weight excluding hydrogens is 238 g/mol. The van der Waals surface area contributed by atoms with Crippen LogP contribution in [0.3, 0.4) is 0 Å². The van der Waals surface area contributed by atoms with Crippen LogP contribution in [0.1, 0.15) is 22.1 Å². The van der Waals surface area contributed by atoms with Crippen LogP contribution in [-0.4, -0.2) is 10.9 Å². The standard InChI is InChI=1S/C13H14ClNS/c1-10-2-4-11(5-3-10)12(9-14)8-13-15-6-7-16-13/h2-7,12H,8-9H2,1H3. The van der Waals surface area contributed by atoms with Crippen LogP contribution in [0.5, 0.6) is 0 Å². The van der Waals surface area contributed by atoms with Gasteiger partial charge in [0.05, 0.1) is 5.01 Å². The first kappa shape index (κ1) is 11.6. The summed E-state index contributed by atoms with van der Waals surface area (Å²) < 4.78 is 0. The molecule has 0 saturated carbocycles. The molecule has 0 spiro atoms. The van der Waals surface area contributed by atoms with E-state index in [1.54, 1.807) is 11.3 Å². The molecule has 0 fully saturated rings. The highest BCUT2D eigenvalue weighted by molar-refractivity contribution is 7.09. The summed E-state index contributed by atoms with van der Waals surface area (Å²) in [6, 6.07) is 8.60. The summed E-state index contributed by atoms with van der Waals surface area (Å²) in [6.07, 6.45) is 2.78. The van der Waals surface area contributed by atoms with Crippen molar-refractivity contribution in [2.75, 3.05) is 5.88 Å². The van der Waals surface area contributed by atoms with Gasteiger partial charge in [0.1, 0.15) is 0 Å². The smallest absolute Gasteiger partial charge is 0.0931 e. The highest BCUT2D eigenvalue weighted by atomic mass is 35.5. The molecule has 1 aromatic heterocycles. The number of halogens is 1. The minimum Gasteiger partial charge on any atom is -0.250 e. The zero-order valence-electron chi connectivity index (χ0n) is 9.19. The summed E-state index contributed by atoms with van der Waals surface area (Å²) in [4.78, 5) is 4.31. The molecule has 0 N–H and O–H groups in total. The molecule has 0 aliphatic rings. The number of hydrogen-bond donors (Lipinski definition) is 0. The Bertz CT molecular complexity index is 422. The van der Waals surface area contributed by atoms with Gasteiger partial charge in [-0.15, -0.1) is 22.9 Å². The average molecular weight is 252 g/mol. The van der Waals surface area contributed by atoms with Gasteiger partial charge in [-0.2, -0.15) is 0 Å². The lowest BCUT2D eigenvalue weighted by Gasteiger charge is -2.12. The van der Waals surface area contributed by atoms with Crippen LogP contribution in [0.25, 0.3) is 0 Å². The molecule has 16 heavy (non-hydrogen) atoms. The second-order valence-electron chi connectivity index (χ2n) is 3.89. The lowest BCUT2D eigenvalue weighted by atomic mass is 9.97. The molecule has 0 amide bonds. The van der Waals surface area contributed by atoms with Gasteiger partial charge in [-0.3, -0.25) is 0 Å². The monoisotopic (exact) mass is 251 g/mol. The molecule has 0 aliphatic carbocycles. The van der Waals surface area contributed by atoms with Crippen molar-refractivity contribution in [3.8, 4) is 0 Å². The van der Waals surface area contributed by atoms with Gasteiger partial charge in [-0.25, -0.2) is 4.98 Å². The maximum absolute atomic E-state index is 6.04. The van der Waals surface area contributed by atoms with Crippen LogP contribution < -0.4 is 0 Å². The summed E-state index contributed by atoms with van der Waals surface area (Å²) in [7, 11) is 0. The van der Waals surface area contributed by atoms with E-state index in [4.69, 9.17) is 11.6 Å². The maximum Gasteiger partial charge on any atom is 0.0931 e. The molecule has 0 aliphatic heterocycles. The molecule has 1 heterocycles. The van der Waals surface area contributed by atoms with Gasteiger partial charge in [0.15, 0.2) is 0 Å². The van der Waals surface area contributed by atoms with Crippen LogP contribution in [0.4, 0.5) is 0 Å². The summed E-state index contributed by atoms with van der Waals surface area (Å²) in [5.41, 5.74) is 2.59. The lowest BCUT2D eigenvalue weighted by Crippen LogP contribution is -2.04. The van der Waals surface area contributed by atoms with E-state index in [0.717, 1.165) is 11.4 Å². The Morgan fingerprint density at radius 2 is 2.06 bits per heavy atom. The van der Waals surface area contributed by atoms with E-state index in [1.807, 2.05) is 11.6 Å². The number of rotatable bonds is 4. The Kier molecular flexibility index (Phi) is 3.97. The first-order valence-electron chi connectivity index (χ1n) is 5.30. The van der Waals surface area contributed by atoms with Crippen LogP contribution in [0.2, 0.25) is 0 Å². The number of aryl methyl sites for hydroxylation is 1. The largest absolute Gasteiger partial charge is 0.250 e. The topological polar surface area (TPSA) is 12.9 Å². The molecule has 1 aromatic carbocycles. The van der Waals surface area contributed by atoms with Crippen molar-refractivity contribution in [1.29, 1.82) is 0 Å². The van der Waals surface area contributed by atoms with Crippen LogP contribution >= 0.6 is 22.9 Å². The van der Waals surface area contributed by atoms with E-state index in [1.165, 1.54) is 11.1 Å². The van der Waals surface area contributed by atoms with Gasteiger partial charge in [-0.05, 0) is 12.5 Å². The van der Waals surface area contributed by atoms with Crippen LogP contribution in [0, 0.1) is 6.92 Å². The van der Waals surface area contributed by atoms with Crippen molar-refractivity contribution >= 4 is 22.9 Å². The number of benzene rings is 1. The van der Waals surface area contributed by atoms with Gasteiger partial charge < -0.3 is 0 Å². The zero-order valence-corrected chi connectivity index (χ0v) is 10.8.